The van der Waals surface area contributed by atoms with Crippen LogP contribution in [0, 0.1) is 5.92 Å². The molecule has 0 amide bonds. The van der Waals surface area contributed by atoms with E-state index < -0.39 is 29.0 Å². The van der Waals surface area contributed by atoms with Crippen LogP contribution >= 0.6 is 0 Å². The first-order valence-electron chi connectivity index (χ1n) is 13.8. The second-order valence-corrected chi connectivity index (χ2v) is 11.5. The average molecular weight is 592 g/mol. The van der Waals surface area contributed by atoms with Crippen molar-refractivity contribution >= 4 is 23.0 Å². The minimum Gasteiger partial charge on any atom is -0.505 e. The van der Waals surface area contributed by atoms with Gasteiger partial charge in [-0.1, -0.05) is 72.6 Å². The maximum atomic E-state index is 13.3. The molecule has 230 valence electrons. The molecule has 0 bridgehead atoms. The average Bonchev–Trinajstić information content (AvgIpc) is 3.33. The van der Waals surface area contributed by atoms with Crippen LogP contribution < -0.4 is 0 Å². The van der Waals surface area contributed by atoms with Crippen LogP contribution in [0.1, 0.15) is 89.8 Å². The predicted molar refractivity (Wildman–Crippen MR) is 155 cm³/mol. The van der Waals surface area contributed by atoms with Crippen molar-refractivity contribution in [3.8, 4) is 11.4 Å². The highest BCUT2D eigenvalue weighted by Gasteiger charge is 2.34. The number of rotatable bonds is 10. The van der Waals surface area contributed by atoms with Crippen LogP contribution in [0.2, 0.25) is 0 Å². The van der Waals surface area contributed by atoms with E-state index >= 15 is 0 Å². The number of hydrogen-bond acceptors (Lipinski definition) is 6. The lowest BCUT2D eigenvalue weighted by atomic mass is 9.83. The van der Waals surface area contributed by atoms with Gasteiger partial charge in [-0.15, -0.1) is 15.0 Å². The summed E-state index contributed by atoms with van der Waals surface area (Å²) in [6.45, 7) is 15.3. The fourth-order valence-electron chi connectivity index (χ4n) is 4.09. The van der Waals surface area contributed by atoms with Crippen LogP contribution in [-0.2, 0) is 25.9 Å². The summed E-state index contributed by atoms with van der Waals surface area (Å²) in [7, 11) is 0. The number of unbranched alkanes of at least 4 members (excludes halogenated alkanes) is 2. The maximum absolute atomic E-state index is 13.3. The number of phenolic OH excluding ortho intramolecular Hbond substituents is 1. The van der Waals surface area contributed by atoms with Crippen molar-refractivity contribution < 1.29 is 37.7 Å². The molecule has 1 atom stereocenters. The van der Waals surface area contributed by atoms with Gasteiger partial charge < -0.3 is 14.9 Å². The molecule has 1 aromatic heterocycles. The number of fused-ring (bicyclic) bond motifs is 1. The zero-order valence-electron chi connectivity index (χ0n) is 25.0. The topological polar surface area (TPSA) is 115 Å². The fraction of sp³-hybridized carbons (Fsp3) is 0.484. The van der Waals surface area contributed by atoms with E-state index in [0.29, 0.717) is 17.7 Å². The third kappa shape index (κ3) is 9.32. The summed E-state index contributed by atoms with van der Waals surface area (Å²) in [6.07, 6.45) is 1.18. The predicted octanol–water partition coefficient (Wildman–Crippen LogP) is 7.56. The van der Waals surface area contributed by atoms with Gasteiger partial charge in [0.25, 0.3) is 0 Å². The number of hydrogen-bond donors (Lipinski definition) is 2. The summed E-state index contributed by atoms with van der Waals surface area (Å²) in [5, 5.41) is 28.2. The molecule has 8 nitrogen and oxygen atoms in total. The molecule has 0 saturated heterocycles. The number of carboxylic acid groups (broad SMARTS) is 1. The van der Waals surface area contributed by atoms with Gasteiger partial charge >= 0.3 is 18.1 Å². The van der Waals surface area contributed by atoms with Crippen LogP contribution in [-0.4, -0.2) is 43.8 Å². The zero-order chi connectivity index (χ0) is 31.8. The van der Waals surface area contributed by atoms with Gasteiger partial charge in [-0.2, -0.15) is 13.2 Å². The third-order valence-corrected chi connectivity index (χ3v) is 6.56. The van der Waals surface area contributed by atoms with E-state index in [0.717, 1.165) is 29.6 Å². The SMILES string of the molecule is C=CC(=O)OCCCCCC(C)C.CC(C(=O)O)c1cc(-n2nc3cccc(C(F)(F)F)c3n2)c(O)c(C(C)(C)C)c1. The van der Waals surface area contributed by atoms with Gasteiger partial charge in [0.15, 0.2) is 0 Å². The standard InChI is InChI=1S/C20H20F3N3O3.C11H20O2/c1-10(18(28)29)11-8-13(19(2,3)4)17(27)15(9-11)26-24-14-7-5-6-12(16(14)25-26)20(21,22)23;1-4-11(12)13-9-7-5-6-8-10(2)3/h5-10,27H,1-4H3,(H,28,29);4,10H,1,5-9H2,2-3H3. The summed E-state index contributed by atoms with van der Waals surface area (Å²) in [5.41, 5.74) is -1.00. The highest BCUT2D eigenvalue weighted by molar-refractivity contribution is 5.81. The number of alkyl halides is 3. The lowest BCUT2D eigenvalue weighted by Crippen LogP contribution is -2.16. The smallest absolute Gasteiger partial charge is 0.418 e. The first-order chi connectivity index (χ1) is 19.5. The molecule has 3 rings (SSSR count). The largest absolute Gasteiger partial charge is 0.505 e. The number of esters is 1. The van der Waals surface area contributed by atoms with Gasteiger partial charge in [-0.3, -0.25) is 4.79 Å². The van der Waals surface area contributed by atoms with Gasteiger partial charge in [0.05, 0.1) is 18.1 Å². The lowest BCUT2D eigenvalue weighted by molar-refractivity contribution is -0.139. The molecule has 0 fully saturated rings. The number of carbonyl (C=O) groups is 2. The Kier molecular flexibility index (Phi) is 11.7. The Morgan fingerprint density at radius 2 is 1.71 bits per heavy atom. The normalized spacial score (nSPS) is 12.5. The van der Waals surface area contributed by atoms with Gasteiger partial charge in [0, 0.05) is 11.6 Å². The number of benzene rings is 2. The molecule has 0 aliphatic carbocycles. The van der Waals surface area contributed by atoms with Crippen molar-refractivity contribution in [1.82, 2.24) is 15.0 Å². The molecule has 0 spiro atoms. The lowest BCUT2D eigenvalue weighted by Gasteiger charge is -2.23. The monoisotopic (exact) mass is 591 g/mol. The number of ether oxygens (including phenoxy) is 1. The van der Waals surface area contributed by atoms with Crippen LogP contribution in [0.25, 0.3) is 16.7 Å². The minimum atomic E-state index is -4.61. The number of phenols is 1. The van der Waals surface area contributed by atoms with E-state index in [-0.39, 0.29) is 28.4 Å². The molecule has 1 heterocycles. The Morgan fingerprint density at radius 1 is 1.05 bits per heavy atom. The van der Waals surface area contributed by atoms with Crippen molar-refractivity contribution in [3.63, 3.8) is 0 Å². The van der Waals surface area contributed by atoms with Crippen molar-refractivity contribution in [2.45, 2.75) is 84.7 Å². The summed E-state index contributed by atoms with van der Waals surface area (Å²) < 4.78 is 44.7. The number of aliphatic carboxylic acids is 1. The second-order valence-electron chi connectivity index (χ2n) is 11.5. The van der Waals surface area contributed by atoms with Gasteiger partial charge in [-0.25, -0.2) is 4.79 Å². The molecular weight excluding hydrogens is 551 g/mol. The molecular formula is C31H40F3N3O5. The number of carbonyl (C=O) groups excluding carboxylic acids is 1. The zero-order valence-corrected chi connectivity index (χ0v) is 25.0. The second kappa shape index (κ2) is 14.3. The van der Waals surface area contributed by atoms with E-state index in [1.165, 1.54) is 44.0 Å². The van der Waals surface area contributed by atoms with E-state index in [4.69, 9.17) is 4.74 Å². The third-order valence-electron chi connectivity index (χ3n) is 6.56. The van der Waals surface area contributed by atoms with Gasteiger partial charge in [0.2, 0.25) is 0 Å². The summed E-state index contributed by atoms with van der Waals surface area (Å²) in [5.74, 6) is -1.72. The number of halogens is 3. The Bertz CT molecular complexity index is 1390. The van der Waals surface area contributed by atoms with Crippen LogP contribution in [0.5, 0.6) is 5.75 Å². The van der Waals surface area contributed by atoms with Crippen LogP contribution in [0.3, 0.4) is 0 Å². The van der Waals surface area contributed by atoms with Crippen LogP contribution in [0.15, 0.2) is 43.0 Å². The molecule has 42 heavy (non-hydrogen) atoms. The molecule has 2 N–H and O–H groups in total. The fourth-order valence-corrected chi connectivity index (χ4v) is 4.09. The minimum absolute atomic E-state index is 0.00761. The number of aromatic nitrogens is 3. The van der Waals surface area contributed by atoms with Gasteiger partial charge in [0.1, 0.15) is 22.5 Å². The molecule has 1 unspecified atom stereocenters. The van der Waals surface area contributed by atoms with E-state index in [2.05, 4.69) is 30.6 Å². The maximum Gasteiger partial charge on any atom is 0.418 e. The molecule has 0 aliphatic heterocycles. The summed E-state index contributed by atoms with van der Waals surface area (Å²) >= 11 is 0. The Morgan fingerprint density at radius 3 is 2.26 bits per heavy atom. The quantitative estimate of drug-likeness (QED) is 0.142. The Labute approximate surface area is 244 Å². The van der Waals surface area contributed by atoms with E-state index in [9.17, 15) is 33.0 Å². The summed E-state index contributed by atoms with van der Waals surface area (Å²) in [4.78, 5) is 23.0. The van der Waals surface area contributed by atoms with Crippen molar-refractivity contribution in [2.24, 2.45) is 5.92 Å². The van der Waals surface area contributed by atoms with Crippen molar-refractivity contribution in [3.05, 3.63) is 59.7 Å². The first kappa shape index (κ1) is 34.3. The van der Waals surface area contributed by atoms with Crippen molar-refractivity contribution in [2.75, 3.05) is 6.61 Å². The molecule has 0 aliphatic rings. The molecule has 3 aromatic rings. The summed E-state index contributed by atoms with van der Waals surface area (Å²) in [6, 6.07) is 6.50. The number of carboxylic acids is 1. The Balaban J connectivity index is 0.000000401. The van der Waals surface area contributed by atoms with E-state index in [1.54, 1.807) is 6.07 Å². The van der Waals surface area contributed by atoms with Crippen LogP contribution in [0.4, 0.5) is 13.2 Å². The highest BCUT2D eigenvalue weighted by atomic mass is 19.4. The first-order valence-corrected chi connectivity index (χ1v) is 13.8. The number of aromatic hydroxyl groups is 1. The molecule has 11 heteroatoms. The highest BCUT2D eigenvalue weighted by Crippen LogP contribution is 2.39. The molecule has 0 saturated carbocycles. The van der Waals surface area contributed by atoms with E-state index in [1.807, 2.05) is 20.8 Å². The number of nitrogens with zero attached hydrogens (tertiary/aromatic N) is 3. The van der Waals surface area contributed by atoms with Gasteiger partial charge in [-0.05, 0) is 48.4 Å². The van der Waals surface area contributed by atoms with Crippen molar-refractivity contribution in [1.29, 1.82) is 0 Å². The molecule has 0 radical (unpaired) electrons. The Hall–Kier alpha value is -3.89. The molecule has 2 aromatic carbocycles.